The summed E-state index contributed by atoms with van der Waals surface area (Å²) >= 11 is 0. The van der Waals surface area contributed by atoms with Crippen molar-refractivity contribution in [1.29, 1.82) is 0 Å². The van der Waals surface area contributed by atoms with Crippen LogP contribution in [0, 0.1) is 0 Å². The van der Waals surface area contributed by atoms with Gasteiger partial charge in [0.1, 0.15) is 6.33 Å². The van der Waals surface area contributed by atoms with E-state index in [0.29, 0.717) is 30.5 Å². The first-order chi connectivity index (χ1) is 13.1. The lowest BCUT2D eigenvalue weighted by atomic mass is 10.0. The van der Waals surface area contributed by atoms with E-state index in [2.05, 4.69) is 15.4 Å². The highest BCUT2D eigenvalue weighted by molar-refractivity contribution is 5.91. The van der Waals surface area contributed by atoms with Crippen molar-refractivity contribution in [3.8, 4) is 11.5 Å². The molecule has 3 rings (SSSR count). The lowest BCUT2D eigenvalue weighted by molar-refractivity contribution is -0.133. The van der Waals surface area contributed by atoms with Crippen molar-refractivity contribution >= 4 is 17.8 Å². The maximum Gasteiger partial charge on any atom is 0.260 e. The Kier molecular flexibility index (Phi) is 5.58. The highest BCUT2D eigenvalue weighted by Crippen LogP contribution is 2.34. The Morgan fingerprint density at radius 3 is 2.81 bits per heavy atom. The third-order valence-corrected chi connectivity index (χ3v) is 4.54. The SMILES string of the molecule is CCN(CC)C(=O)COc1ccc([C@H]2CC(=O)Nc3ncnn32)cc1OC. The van der Waals surface area contributed by atoms with Gasteiger partial charge in [0.25, 0.3) is 5.91 Å². The minimum Gasteiger partial charge on any atom is -0.493 e. The van der Waals surface area contributed by atoms with Crippen molar-refractivity contribution in [2.75, 3.05) is 32.1 Å². The quantitative estimate of drug-likeness (QED) is 0.789. The summed E-state index contributed by atoms with van der Waals surface area (Å²) in [5.74, 6) is 1.18. The molecule has 2 amide bonds. The van der Waals surface area contributed by atoms with Crippen LogP contribution in [0.3, 0.4) is 0 Å². The van der Waals surface area contributed by atoms with E-state index in [9.17, 15) is 9.59 Å². The Morgan fingerprint density at radius 1 is 1.33 bits per heavy atom. The molecule has 0 unspecified atom stereocenters. The molecule has 0 spiro atoms. The first-order valence-electron chi connectivity index (χ1n) is 8.85. The zero-order valence-electron chi connectivity index (χ0n) is 15.6. The number of carbonyl (C=O) groups excluding carboxylic acids is 2. The molecular formula is C18H23N5O4. The number of fused-ring (bicyclic) bond motifs is 1. The molecule has 0 radical (unpaired) electrons. The Hall–Kier alpha value is -3.10. The molecule has 2 aromatic rings. The van der Waals surface area contributed by atoms with Crippen LogP contribution in [0.4, 0.5) is 5.95 Å². The highest BCUT2D eigenvalue weighted by Gasteiger charge is 2.28. The van der Waals surface area contributed by atoms with Gasteiger partial charge in [0.15, 0.2) is 18.1 Å². The third kappa shape index (κ3) is 3.86. The first kappa shape index (κ1) is 18.7. The minimum absolute atomic E-state index is 0.0591. The number of methoxy groups -OCH3 is 1. The van der Waals surface area contributed by atoms with Crippen molar-refractivity contribution in [3.63, 3.8) is 0 Å². The predicted octanol–water partition coefficient (Wildman–Crippen LogP) is 1.47. The second-order valence-electron chi connectivity index (χ2n) is 6.06. The van der Waals surface area contributed by atoms with Gasteiger partial charge in [0, 0.05) is 13.1 Å². The van der Waals surface area contributed by atoms with Crippen LogP contribution in [0.25, 0.3) is 0 Å². The van der Waals surface area contributed by atoms with Crippen LogP contribution in [-0.4, -0.2) is 58.3 Å². The number of aromatic nitrogens is 3. The van der Waals surface area contributed by atoms with Crippen molar-refractivity contribution in [2.45, 2.75) is 26.3 Å². The molecule has 1 aromatic carbocycles. The lowest BCUT2D eigenvalue weighted by Gasteiger charge is -2.24. The van der Waals surface area contributed by atoms with Crippen LogP contribution in [0.15, 0.2) is 24.5 Å². The van der Waals surface area contributed by atoms with Gasteiger partial charge in [-0.1, -0.05) is 6.07 Å². The van der Waals surface area contributed by atoms with Gasteiger partial charge in [-0.2, -0.15) is 10.1 Å². The summed E-state index contributed by atoms with van der Waals surface area (Å²) in [5.41, 5.74) is 0.843. The topological polar surface area (TPSA) is 98.6 Å². The second-order valence-corrected chi connectivity index (χ2v) is 6.06. The maximum atomic E-state index is 12.1. The molecule has 1 aliphatic heterocycles. The van der Waals surface area contributed by atoms with Crippen LogP contribution in [0.5, 0.6) is 11.5 Å². The molecule has 1 aliphatic rings. The van der Waals surface area contributed by atoms with Gasteiger partial charge in [-0.15, -0.1) is 0 Å². The minimum atomic E-state index is -0.281. The molecular weight excluding hydrogens is 350 g/mol. The number of anilines is 1. The summed E-state index contributed by atoms with van der Waals surface area (Å²) in [6, 6.07) is 5.10. The summed E-state index contributed by atoms with van der Waals surface area (Å²) in [6.07, 6.45) is 1.65. The number of nitrogens with zero attached hydrogens (tertiary/aromatic N) is 4. The number of benzene rings is 1. The standard InChI is InChI=1S/C18H23N5O4/c1-4-22(5-2)17(25)10-27-14-7-6-12(8-15(14)26-3)13-9-16(24)21-18-19-11-20-23(13)18/h6-8,11,13H,4-5,9-10H2,1-3H3,(H,19,20,21,24)/t13-/m1/s1. The van der Waals surface area contributed by atoms with E-state index in [1.807, 2.05) is 19.9 Å². The first-order valence-corrected chi connectivity index (χ1v) is 8.85. The Balaban J connectivity index is 1.79. The molecule has 0 bridgehead atoms. The van der Waals surface area contributed by atoms with Crippen molar-refractivity contribution in [3.05, 3.63) is 30.1 Å². The van der Waals surface area contributed by atoms with E-state index >= 15 is 0 Å². The Labute approximate surface area is 157 Å². The number of amides is 2. The van der Waals surface area contributed by atoms with Crippen LogP contribution in [0.1, 0.15) is 31.9 Å². The molecule has 9 nitrogen and oxygen atoms in total. The predicted molar refractivity (Wildman–Crippen MR) is 97.8 cm³/mol. The largest absolute Gasteiger partial charge is 0.493 e. The summed E-state index contributed by atoms with van der Waals surface area (Å²) in [6.45, 7) is 5.07. The fourth-order valence-corrected chi connectivity index (χ4v) is 3.08. The fraction of sp³-hybridized carbons (Fsp3) is 0.444. The van der Waals surface area contributed by atoms with Gasteiger partial charge >= 0.3 is 0 Å². The Morgan fingerprint density at radius 2 is 2.11 bits per heavy atom. The number of hydrogen-bond donors (Lipinski definition) is 1. The van der Waals surface area contributed by atoms with Gasteiger partial charge in [-0.25, -0.2) is 4.68 Å². The number of likely N-dealkylation sites (N-methyl/N-ethyl adjacent to an activating group) is 1. The van der Waals surface area contributed by atoms with E-state index < -0.39 is 0 Å². The monoisotopic (exact) mass is 373 g/mol. The van der Waals surface area contributed by atoms with E-state index in [1.165, 1.54) is 13.4 Å². The fourth-order valence-electron chi connectivity index (χ4n) is 3.08. The molecule has 0 saturated heterocycles. The molecule has 1 aromatic heterocycles. The summed E-state index contributed by atoms with van der Waals surface area (Å²) in [7, 11) is 1.53. The maximum absolute atomic E-state index is 12.1. The third-order valence-electron chi connectivity index (χ3n) is 4.54. The van der Waals surface area contributed by atoms with Gasteiger partial charge in [-0.05, 0) is 31.5 Å². The summed E-state index contributed by atoms with van der Waals surface area (Å²) in [4.78, 5) is 29.8. The second kappa shape index (κ2) is 8.07. The summed E-state index contributed by atoms with van der Waals surface area (Å²) in [5, 5.41) is 6.88. The normalized spacial score (nSPS) is 15.7. The molecule has 1 N–H and O–H groups in total. The molecule has 2 heterocycles. The zero-order valence-corrected chi connectivity index (χ0v) is 15.6. The molecule has 27 heavy (non-hydrogen) atoms. The van der Waals surface area contributed by atoms with Gasteiger partial charge in [0.2, 0.25) is 11.9 Å². The molecule has 0 saturated carbocycles. The molecule has 1 atom stereocenters. The van der Waals surface area contributed by atoms with Gasteiger partial charge in [0.05, 0.1) is 19.6 Å². The van der Waals surface area contributed by atoms with Crippen LogP contribution < -0.4 is 14.8 Å². The van der Waals surface area contributed by atoms with Gasteiger partial charge in [-0.3, -0.25) is 14.9 Å². The average Bonchev–Trinajstić information content (AvgIpc) is 3.14. The number of nitrogens with one attached hydrogen (secondary N) is 1. The number of hydrogen-bond acceptors (Lipinski definition) is 6. The smallest absolute Gasteiger partial charge is 0.260 e. The zero-order chi connectivity index (χ0) is 19.4. The van der Waals surface area contributed by atoms with Crippen molar-refractivity contribution in [2.24, 2.45) is 0 Å². The van der Waals surface area contributed by atoms with Crippen LogP contribution in [-0.2, 0) is 9.59 Å². The molecule has 0 fully saturated rings. The molecule has 144 valence electrons. The number of carbonyl (C=O) groups is 2. The lowest BCUT2D eigenvalue weighted by Crippen LogP contribution is -2.34. The van der Waals surface area contributed by atoms with Crippen LogP contribution in [0.2, 0.25) is 0 Å². The van der Waals surface area contributed by atoms with E-state index in [0.717, 1.165) is 5.56 Å². The van der Waals surface area contributed by atoms with Crippen LogP contribution >= 0.6 is 0 Å². The average molecular weight is 373 g/mol. The van der Waals surface area contributed by atoms with E-state index in [4.69, 9.17) is 9.47 Å². The number of ether oxygens (including phenoxy) is 2. The Bertz CT molecular complexity index is 831. The van der Waals surface area contributed by atoms with E-state index in [-0.39, 0.29) is 30.9 Å². The number of rotatable bonds is 7. The molecule has 0 aliphatic carbocycles. The van der Waals surface area contributed by atoms with Crippen molar-refractivity contribution in [1.82, 2.24) is 19.7 Å². The van der Waals surface area contributed by atoms with Gasteiger partial charge < -0.3 is 14.4 Å². The molecule has 9 heteroatoms. The van der Waals surface area contributed by atoms with E-state index in [1.54, 1.807) is 21.7 Å². The summed E-state index contributed by atoms with van der Waals surface area (Å²) < 4.78 is 12.8. The van der Waals surface area contributed by atoms with Crippen molar-refractivity contribution < 1.29 is 19.1 Å². The highest BCUT2D eigenvalue weighted by atomic mass is 16.5.